The minimum atomic E-state index is -0.208. The highest BCUT2D eigenvalue weighted by Gasteiger charge is 2.13. The molecule has 0 aliphatic rings. The maximum atomic E-state index is 13.7. The van der Waals surface area contributed by atoms with E-state index in [2.05, 4.69) is 58.9 Å². The van der Waals surface area contributed by atoms with Crippen LogP contribution in [0.2, 0.25) is 0 Å². The highest BCUT2D eigenvalue weighted by atomic mass is 19.1. The number of guanidine groups is 1. The van der Waals surface area contributed by atoms with Crippen LogP contribution in [0.5, 0.6) is 0 Å². The molecule has 0 aliphatic heterocycles. The van der Waals surface area contributed by atoms with Gasteiger partial charge in [0.1, 0.15) is 5.82 Å². The van der Waals surface area contributed by atoms with Gasteiger partial charge in [-0.15, -0.1) is 0 Å². The Balaban J connectivity index is 1.88. The van der Waals surface area contributed by atoms with Crippen molar-refractivity contribution in [2.45, 2.75) is 19.0 Å². The summed E-state index contributed by atoms with van der Waals surface area (Å²) in [4.78, 5) is 6.42. The number of hydrogen-bond acceptors (Lipinski definition) is 2. The van der Waals surface area contributed by atoms with E-state index in [-0.39, 0.29) is 5.82 Å². The third kappa shape index (κ3) is 6.19. The molecule has 2 aromatic rings. The summed E-state index contributed by atoms with van der Waals surface area (Å²) in [6, 6.07) is 17.5. The van der Waals surface area contributed by atoms with Crippen molar-refractivity contribution in [3.05, 3.63) is 71.5 Å². The summed E-state index contributed by atoms with van der Waals surface area (Å²) >= 11 is 0. The zero-order chi connectivity index (χ0) is 18.1. The molecule has 0 aliphatic carbocycles. The largest absolute Gasteiger partial charge is 0.355 e. The Hall–Kier alpha value is -2.40. The second-order valence-corrected chi connectivity index (χ2v) is 6.21. The van der Waals surface area contributed by atoms with Gasteiger partial charge in [-0.05, 0) is 32.1 Å². The number of aliphatic imine (C=N–C) groups is 1. The Morgan fingerprint density at radius 3 is 2.36 bits per heavy atom. The van der Waals surface area contributed by atoms with Crippen molar-refractivity contribution in [1.82, 2.24) is 15.5 Å². The lowest BCUT2D eigenvalue weighted by Crippen LogP contribution is -2.45. The average molecular weight is 342 g/mol. The zero-order valence-electron chi connectivity index (χ0n) is 15.2. The molecule has 2 aromatic carbocycles. The van der Waals surface area contributed by atoms with E-state index in [1.807, 2.05) is 12.1 Å². The fraction of sp³-hybridized carbons (Fsp3) is 0.350. The molecule has 134 valence electrons. The monoisotopic (exact) mass is 342 g/mol. The number of nitrogens with zero attached hydrogens (tertiary/aromatic N) is 2. The van der Waals surface area contributed by atoms with E-state index in [1.165, 1.54) is 11.6 Å². The van der Waals surface area contributed by atoms with E-state index in [0.717, 1.165) is 13.0 Å². The molecule has 2 N–H and O–H groups in total. The lowest BCUT2D eigenvalue weighted by atomic mass is 10.1. The summed E-state index contributed by atoms with van der Waals surface area (Å²) in [5.74, 6) is 0.462. The van der Waals surface area contributed by atoms with Crippen LogP contribution in [0.3, 0.4) is 0 Å². The van der Waals surface area contributed by atoms with Gasteiger partial charge >= 0.3 is 0 Å². The van der Waals surface area contributed by atoms with Crippen molar-refractivity contribution in [3.63, 3.8) is 0 Å². The molecule has 0 saturated heterocycles. The minimum Gasteiger partial charge on any atom is -0.355 e. The van der Waals surface area contributed by atoms with Gasteiger partial charge in [0, 0.05) is 31.7 Å². The SMILES string of the molecule is CN=C(NCc1ccccc1F)NCC(Cc1ccccc1)N(C)C. The summed E-state index contributed by atoms with van der Waals surface area (Å²) in [5, 5.41) is 6.50. The molecule has 0 amide bonds. The van der Waals surface area contributed by atoms with E-state index in [0.29, 0.717) is 24.1 Å². The molecule has 0 aromatic heterocycles. The van der Waals surface area contributed by atoms with Crippen LogP contribution < -0.4 is 10.6 Å². The molecule has 1 unspecified atom stereocenters. The van der Waals surface area contributed by atoms with Crippen LogP contribution in [0.25, 0.3) is 0 Å². The first-order chi connectivity index (χ1) is 12.1. The van der Waals surface area contributed by atoms with E-state index in [1.54, 1.807) is 19.2 Å². The Kier molecular flexibility index (Phi) is 7.41. The maximum Gasteiger partial charge on any atom is 0.191 e. The summed E-state index contributed by atoms with van der Waals surface area (Å²) in [6.45, 7) is 1.15. The zero-order valence-corrected chi connectivity index (χ0v) is 15.2. The molecule has 1 atom stereocenters. The van der Waals surface area contributed by atoms with Gasteiger partial charge in [0.2, 0.25) is 0 Å². The Labute approximate surface area is 149 Å². The van der Waals surface area contributed by atoms with Crippen LogP contribution in [-0.2, 0) is 13.0 Å². The molecular weight excluding hydrogens is 315 g/mol. The summed E-state index contributed by atoms with van der Waals surface area (Å²) < 4.78 is 13.7. The van der Waals surface area contributed by atoms with Gasteiger partial charge in [0.15, 0.2) is 5.96 Å². The predicted molar refractivity (Wildman–Crippen MR) is 102 cm³/mol. The number of nitrogens with one attached hydrogen (secondary N) is 2. The van der Waals surface area contributed by atoms with Crippen LogP contribution in [-0.4, -0.2) is 44.6 Å². The second kappa shape index (κ2) is 9.79. The smallest absolute Gasteiger partial charge is 0.191 e. The molecule has 0 bridgehead atoms. The van der Waals surface area contributed by atoms with Gasteiger partial charge in [0.05, 0.1) is 0 Å². The van der Waals surface area contributed by atoms with Crippen LogP contribution in [0.1, 0.15) is 11.1 Å². The van der Waals surface area contributed by atoms with E-state index in [9.17, 15) is 4.39 Å². The molecule has 4 nitrogen and oxygen atoms in total. The quantitative estimate of drug-likeness (QED) is 0.600. The van der Waals surface area contributed by atoms with Gasteiger partial charge in [-0.2, -0.15) is 0 Å². The summed E-state index contributed by atoms with van der Waals surface area (Å²) in [6.07, 6.45) is 0.950. The number of likely N-dealkylation sites (N-methyl/N-ethyl adjacent to an activating group) is 1. The average Bonchev–Trinajstić information content (AvgIpc) is 2.62. The normalized spacial score (nSPS) is 12.9. The van der Waals surface area contributed by atoms with Crippen LogP contribution in [0.15, 0.2) is 59.6 Å². The topological polar surface area (TPSA) is 39.7 Å². The van der Waals surface area contributed by atoms with Crippen molar-refractivity contribution < 1.29 is 4.39 Å². The van der Waals surface area contributed by atoms with Gasteiger partial charge in [-0.1, -0.05) is 48.5 Å². The van der Waals surface area contributed by atoms with E-state index < -0.39 is 0 Å². The van der Waals surface area contributed by atoms with Gasteiger partial charge < -0.3 is 15.5 Å². The number of benzene rings is 2. The molecular formula is C20H27FN4. The number of hydrogen-bond donors (Lipinski definition) is 2. The molecule has 0 fully saturated rings. The van der Waals surface area contributed by atoms with E-state index >= 15 is 0 Å². The lowest BCUT2D eigenvalue weighted by molar-refractivity contribution is 0.290. The van der Waals surface area contributed by atoms with Crippen molar-refractivity contribution in [2.24, 2.45) is 4.99 Å². The predicted octanol–water partition coefficient (Wildman–Crippen LogP) is 2.66. The van der Waals surface area contributed by atoms with E-state index in [4.69, 9.17) is 0 Å². The Morgan fingerprint density at radius 2 is 1.72 bits per heavy atom. The van der Waals surface area contributed by atoms with Gasteiger partial charge in [-0.3, -0.25) is 4.99 Å². The van der Waals surface area contributed by atoms with Gasteiger partial charge in [-0.25, -0.2) is 4.39 Å². The Bertz CT molecular complexity index is 670. The number of halogens is 1. The van der Waals surface area contributed by atoms with Crippen LogP contribution >= 0.6 is 0 Å². The highest BCUT2D eigenvalue weighted by Crippen LogP contribution is 2.07. The van der Waals surface area contributed by atoms with Crippen molar-refractivity contribution in [1.29, 1.82) is 0 Å². The fourth-order valence-corrected chi connectivity index (χ4v) is 2.58. The summed E-state index contributed by atoms with van der Waals surface area (Å²) in [5.41, 5.74) is 1.93. The first-order valence-corrected chi connectivity index (χ1v) is 8.48. The first kappa shape index (κ1) is 18.9. The molecule has 2 rings (SSSR count). The fourth-order valence-electron chi connectivity index (χ4n) is 2.58. The second-order valence-electron chi connectivity index (χ2n) is 6.21. The third-order valence-corrected chi connectivity index (χ3v) is 4.18. The van der Waals surface area contributed by atoms with Crippen molar-refractivity contribution in [2.75, 3.05) is 27.7 Å². The lowest BCUT2D eigenvalue weighted by Gasteiger charge is -2.25. The van der Waals surface area contributed by atoms with Crippen molar-refractivity contribution >= 4 is 5.96 Å². The standard InChI is InChI=1S/C20H27FN4/c1-22-20(23-14-17-11-7-8-12-19(17)21)24-15-18(25(2)3)13-16-9-5-4-6-10-16/h4-12,18H,13-15H2,1-3H3,(H2,22,23,24). The van der Waals surface area contributed by atoms with Crippen LogP contribution in [0.4, 0.5) is 4.39 Å². The summed E-state index contributed by atoms with van der Waals surface area (Å²) in [7, 11) is 5.87. The molecule has 25 heavy (non-hydrogen) atoms. The van der Waals surface area contributed by atoms with Crippen molar-refractivity contribution in [3.8, 4) is 0 Å². The minimum absolute atomic E-state index is 0.208. The van der Waals surface area contributed by atoms with Crippen LogP contribution in [0, 0.1) is 5.82 Å². The molecule has 0 spiro atoms. The maximum absolute atomic E-state index is 13.7. The Morgan fingerprint density at radius 1 is 1.04 bits per heavy atom. The molecule has 0 heterocycles. The van der Waals surface area contributed by atoms with Gasteiger partial charge in [0.25, 0.3) is 0 Å². The molecule has 5 heteroatoms. The third-order valence-electron chi connectivity index (χ3n) is 4.18. The highest BCUT2D eigenvalue weighted by molar-refractivity contribution is 5.79. The first-order valence-electron chi connectivity index (χ1n) is 8.48. The molecule has 0 radical (unpaired) electrons. The molecule has 0 saturated carbocycles. The number of rotatable bonds is 7.